The minimum Gasteiger partial charge on any atom is -0.484 e. The number of methoxy groups -OCH3 is 4. The largest absolute Gasteiger partial charge is 0.484 e. The highest BCUT2D eigenvalue weighted by Crippen LogP contribution is 2.71. The van der Waals surface area contributed by atoms with Gasteiger partial charge in [-0.2, -0.15) is 0 Å². The van der Waals surface area contributed by atoms with Gasteiger partial charge in [-0.15, -0.1) is 0 Å². The summed E-state index contributed by atoms with van der Waals surface area (Å²) in [6.07, 6.45) is 0. The van der Waals surface area contributed by atoms with Gasteiger partial charge in [-0.25, -0.2) is 23.6 Å². The number of thioether (sulfide) groups is 3. The molecule has 5 rings (SSSR count). The van der Waals surface area contributed by atoms with Crippen LogP contribution >= 0.6 is 35.3 Å². The third-order valence-corrected chi connectivity index (χ3v) is 12.4. The van der Waals surface area contributed by atoms with E-state index >= 15 is 0 Å². The zero-order valence-electron chi connectivity index (χ0n) is 26.9. The van der Waals surface area contributed by atoms with Crippen molar-refractivity contribution in [1.82, 2.24) is 0 Å². The van der Waals surface area contributed by atoms with Gasteiger partial charge in [-0.1, -0.05) is 47.4 Å². The van der Waals surface area contributed by atoms with Crippen molar-refractivity contribution < 1.29 is 52.0 Å². The molecule has 11 nitrogen and oxygen atoms in total. The smallest absolute Gasteiger partial charge is 0.345 e. The number of aryl methyl sites for hydroxylation is 1. The van der Waals surface area contributed by atoms with Crippen LogP contribution in [0.1, 0.15) is 25.0 Å². The number of rotatable bonds is 7. The molecule has 0 aromatic heterocycles. The number of hydrogen-bond acceptors (Lipinski definition) is 13. The number of halogens is 1. The predicted octanol–water partition coefficient (Wildman–Crippen LogP) is 5.13. The first-order valence-electron chi connectivity index (χ1n) is 14.2. The third kappa shape index (κ3) is 5.77. The summed E-state index contributed by atoms with van der Waals surface area (Å²) in [6, 6.07) is 10.6. The summed E-state index contributed by atoms with van der Waals surface area (Å²) >= 11 is 2.62. The van der Waals surface area contributed by atoms with Crippen molar-refractivity contribution in [2.45, 2.75) is 30.4 Å². The van der Waals surface area contributed by atoms with Crippen molar-refractivity contribution in [3.05, 3.63) is 84.6 Å². The second kappa shape index (κ2) is 13.4. The van der Waals surface area contributed by atoms with Gasteiger partial charge in [0.15, 0.2) is 6.61 Å². The number of carbonyl (C=O) groups excluding carboxylic acids is 5. The lowest BCUT2D eigenvalue weighted by atomic mass is 9.83. The van der Waals surface area contributed by atoms with Crippen LogP contribution < -0.4 is 9.64 Å². The summed E-state index contributed by atoms with van der Waals surface area (Å²) in [7, 11) is 4.60. The molecular weight excluding hydrogens is 686 g/mol. The average Bonchev–Trinajstić information content (AvgIpc) is 3.46. The van der Waals surface area contributed by atoms with Crippen LogP contribution in [0.3, 0.4) is 0 Å². The lowest BCUT2D eigenvalue weighted by molar-refractivity contribution is -0.138. The molecular formula is C33H30FNO10S3. The number of benzene rings is 2. The number of ether oxygens (including phenoxy) is 5. The Balaban J connectivity index is 1.78. The van der Waals surface area contributed by atoms with Crippen LogP contribution in [0.2, 0.25) is 0 Å². The van der Waals surface area contributed by atoms with Crippen molar-refractivity contribution in [2.24, 2.45) is 0 Å². The van der Waals surface area contributed by atoms with Crippen LogP contribution in [0.5, 0.6) is 5.75 Å². The Bertz CT molecular complexity index is 1820. The average molecular weight is 716 g/mol. The molecule has 1 amide bonds. The molecule has 2 aromatic carbocycles. The highest BCUT2D eigenvalue weighted by atomic mass is 32.2. The highest BCUT2D eigenvalue weighted by Gasteiger charge is 2.61. The van der Waals surface area contributed by atoms with E-state index in [1.807, 2.05) is 13.0 Å². The summed E-state index contributed by atoms with van der Waals surface area (Å²) in [5, 5.41) is 0. The molecule has 15 heteroatoms. The summed E-state index contributed by atoms with van der Waals surface area (Å²) in [4.78, 5) is 69.3. The second-order valence-electron chi connectivity index (χ2n) is 11.0. The summed E-state index contributed by atoms with van der Waals surface area (Å²) in [5.41, 5.74) is 0.802. The molecule has 48 heavy (non-hydrogen) atoms. The maximum absolute atomic E-state index is 14.1. The number of anilines is 1. The third-order valence-electron chi connectivity index (χ3n) is 7.72. The van der Waals surface area contributed by atoms with Gasteiger partial charge in [-0.05, 0) is 56.7 Å². The number of esters is 4. The standard InChI is InChI=1S/C33H30FNO10S3/c1-16-8-13-19-20(14-16)35(21(36)15-45-18-11-9-17(34)10-12-18)32(2,3)27-22(19)33(23(28(37)41-4)24(46-27)29(38)42-5)47-25(30(39)43-6)26(48-33)31(40)44-7/h8-14H,15H2,1-7H3. The molecule has 0 saturated carbocycles. The molecule has 0 aliphatic carbocycles. The zero-order valence-corrected chi connectivity index (χ0v) is 29.3. The van der Waals surface area contributed by atoms with Crippen LogP contribution in [0, 0.1) is 12.7 Å². The van der Waals surface area contributed by atoms with E-state index in [2.05, 4.69) is 0 Å². The molecule has 0 atom stereocenters. The molecule has 1 spiro atoms. The van der Waals surface area contributed by atoms with E-state index in [0.29, 0.717) is 21.7 Å². The Morgan fingerprint density at radius 2 is 1.31 bits per heavy atom. The van der Waals surface area contributed by atoms with Gasteiger partial charge in [0.2, 0.25) is 0 Å². The van der Waals surface area contributed by atoms with Crippen molar-refractivity contribution in [3.63, 3.8) is 0 Å². The van der Waals surface area contributed by atoms with E-state index in [-0.39, 0.29) is 26.0 Å². The van der Waals surface area contributed by atoms with E-state index in [0.717, 1.165) is 69.3 Å². The fourth-order valence-electron chi connectivity index (χ4n) is 5.61. The Hall–Kier alpha value is -4.21. The fraction of sp³-hybridized carbons (Fsp3) is 0.303. The number of carbonyl (C=O) groups is 5. The quantitative estimate of drug-likeness (QED) is 0.277. The molecule has 0 bridgehead atoms. The summed E-state index contributed by atoms with van der Waals surface area (Å²) < 4.78 is 37.9. The molecule has 3 aliphatic rings. The van der Waals surface area contributed by atoms with Gasteiger partial charge in [0.05, 0.1) is 45.2 Å². The minimum atomic E-state index is -1.69. The molecule has 0 unspecified atom stereocenters. The van der Waals surface area contributed by atoms with Crippen LogP contribution in [0.4, 0.5) is 10.1 Å². The molecule has 252 valence electrons. The maximum atomic E-state index is 14.1. The molecule has 2 aromatic rings. The lowest BCUT2D eigenvalue weighted by Gasteiger charge is -2.50. The summed E-state index contributed by atoms with van der Waals surface area (Å²) in [5.74, 6) is -4.13. The Labute approximate surface area is 288 Å². The van der Waals surface area contributed by atoms with Gasteiger partial charge in [0, 0.05) is 16.0 Å². The van der Waals surface area contributed by atoms with Crippen LogP contribution in [-0.2, 0) is 42.9 Å². The van der Waals surface area contributed by atoms with Crippen molar-refractivity contribution in [1.29, 1.82) is 0 Å². The first-order chi connectivity index (χ1) is 22.7. The van der Waals surface area contributed by atoms with Crippen molar-refractivity contribution >= 4 is 76.3 Å². The van der Waals surface area contributed by atoms with E-state index in [1.54, 1.807) is 26.0 Å². The SMILES string of the molecule is COC(=O)C1=C(C(=O)OC)SC2(S1)C(C(=O)OC)=C(C(=O)OC)SC1=C2c2ccc(C)cc2N(C(=O)COc2ccc(F)cc2)C1(C)C. The molecule has 0 saturated heterocycles. The summed E-state index contributed by atoms with van der Waals surface area (Å²) in [6.45, 7) is 4.96. The van der Waals surface area contributed by atoms with Gasteiger partial charge in [0.25, 0.3) is 5.91 Å². The van der Waals surface area contributed by atoms with E-state index in [4.69, 9.17) is 23.7 Å². The number of nitrogens with zero attached hydrogens (tertiary/aromatic N) is 1. The second-order valence-corrected chi connectivity index (χ2v) is 14.7. The maximum Gasteiger partial charge on any atom is 0.345 e. The van der Waals surface area contributed by atoms with Crippen LogP contribution in [0.25, 0.3) is 5.57 Å². The van der Waals surface area contributed by atoms with Gasteiger partial charge >= 0.3 is 23.9 Å². The van der Waals surface area contributed by atoms with E-state index in [9.17, 15) is 28.4 Å². The van der Waals surface area contributed by atoms with Crippen molar-refractivity contribution in [2.75, 3.05) is 39.9 Å². The molecule has 3 aliphatic heterocycles. The molecule has 3 heterocycles. The van der Waals surface area contributed by atoms with Gasteiger partial charge in [-0.3, -0.25) is 9.69 Å². The minimum absolute atomic E-state index is 0.142. The number of fused-ring (bicyclic) bond motifs is 3. The molecule has 0 fully saturated rings. The first kappa shape index (κ1) is 35.1. The Morgan fingerprint density at radius 1 is 0.771 bits per heavy atom. The highest BCUT2D eigenvalue weighted by molar-refractivity contribution is 8.26. The zero-order chi connectivity index (χ0) is 35.1. The number of hydrogen-bond donors (Lipinski definition) is 0. The first-order valence-corrected chi connectivity index (χ1v) is 16.7. The normalized spacial score (nSPS) is 17.5. The van der Waals surface area contributed by atoms with Crippen LogP contribution in [0.15, 0.2) is 67.7 Å². The Kier molecular flexibility index (Phi) is 9.77. The number of amides is 1. The van der Waals surface area contributed by atoms with Crippen LogP contribution in [-0.4, -0.2) is 74.4 Å². The van der Waals surface area contributed by atoms with Gasteiger partial charge < -0.3 is 23.7 Å². The molecule has 0 radical (unpaired) electrons. The van der Waals surface area contributed by atoms with E-state index in [1.165, 1.54) is 29.2 Å². The lowest BCUT2D eigenvalue weighted by Crippen LogP contribution is -2.55. The van der Waals surface area contributed by atoms with E-state index < -0.39 is 51.8 Å². The molecule has 0 N–H and O–H groups in total. The predicted molar refractivity (Wildman–Crippen MR) is 179 cm³/mol. The fourth-order valence-corrected chi connectivity index (χ4v) is 10.7. The Morgan fingerprint density at radius 3 is 1.85 bits per heavy atom. The van der Waals surface area contributed by atoms with Gasteiger partial charge in [0.1, 0.15) is 30.4 Å². The van der Waals surface area contributed by atoms with Crippen molar-refractivity contribution in [3.8, 4) is 5.75 Å². The monoisotopic (exact) mass is 715 g/mol. The topological polar surface area (TPSA) is 135 Å².